The Morgan fingerprint density at radius 3 is 2.16 bits per heavy atom. The molecule has 1 amide bonds. The molecule has 2 aliphatic heterocycles. The zero-order valence-electron chi connectivity index (χ0n) is 18.3. The Bertz CT molecular complexity index is 1220. The lowest BCUT2D eigenvalue weighted by atomic mass is 9.70. The number of aromatic nitrogens is 1. The van der Waals surface area contributed by atoms with E-state index in [4.69, 9.17) is 4.98 Å². The van der Waals surface area contributed by atoms with Crippen LogP contribution in [0.4, 0.5) is 5.82 Å². The first kappa shape index (κ1) is 20.4. The van der Waals surface area contributed by atoms with Crippen LogP contribution in [0, 0.1) is 0 Å². The minimum atomic E-state index is -1.44. The van der Waals surface area contributed by atoms with Crippen LogP contribution in [-0.4, -0.2) is 22.0 Å². The molecule has 1 aliphatic carbocycles. The molecule has 0 bridgehead atoms. The third-order valence-electron chi connectivity index (χ3n) is 6.32. The molecule has 0 aromatic heterocycles. The number of carbonyl (C=O) groups excluding carboxylic acids is 1. The predicted molar refractivity (Wildman–Crippen MR) is 127 cm³/mol. The molecule has 2 aromatic carbocycles. The molecule has 2 atom stereocenters. The standard InChI is InChI=1S/C28H26N2O2/c1-19(2)30-26-25(22-16-10-5-11-17-23(22)29-26)28(32,18-20-12-6-3-7-13-20)24(27(30)31)21-14-8-4-9-15-21/h3-17,19,24,32H,18H2,1-2H3. The van der Waals surface area contributed by atoms with Gasteiger partial charge in [-0.2, -0.15) is 0 Å². The molecule has 2 heterocycles. The maximum absolute atomic E-state index is 14.0. The van der Waals surface area contributed by atoms with Crippen molar-refractivity contribution < 1.29 is 9.90 Å². The number of aliphatic hydroxyl groups is 1. The molecule has 32 heavy (non-hydrogen) atoms. The smallest absolute Gasteiger partial charge is 0.239 e. The molecule has 1 N–H and O–H groups in total. The summed E-state index contributed by atoms with van der Waals surface area (Å²) in [6, 6.07) is 29.2. The maximum atomic E-state index is 14.0. The molecule has 0 fully saturated rings. The lowest BCUT2D eigenvalue weighted by molar-refractivity contribution is -0.129. The molecular weight excluding hydrogens is 396 g/mol. The number of anilines is 1. The van der Waals surface area contributed by atoms with Gasteiger partial charge in [0.2, 0.25) is 5.91 Å². The van der Waals surface area contributed by atoms with Gasteiger partial charge in [-0.05, 0) is 31.0 Å². The Labute approximate surface area is 188 Å². The number of rotatable bonds is 4. The van der Waals surface area contributed by atoms with Crippen LogP contribution >= 0.6 is 0 Å². The quantitative estimate of drug-likeness (QED) is 0.495. The summed E-state index contributed by atoms with van der Waals surface area (Å²) in [5.41, 5.74) is 2.73. The van der Waals surface area contributed by atoms with Crippen LogP contribution in [0.25, 0.3) is 11.3 Å². The molecule has 0 radical (unpaired) electrons. The zero-order valence-corrected chi connectivity index (χ0v) is 18.3. The second-order valence-corrected chi connectivity index (χ2v) is 8.75. The summed E-state index contributed by atoms with van der Waals surface area (Å²) in [5.74, 6) is -0.294. The first-order valence-corrected chi connectivity index (χ1v) is 11.0. The van der Waals surface area contributed by atoms with Gasteiger partial charge in [0.1, 0.15) is 11.4 Å². The highest BCUT2D eigenvalue weighted by molar-refractivity contribution is 6.04. The topological polar surface area (TPSA) is 53.4 Å². The van der Waals surface area contributed by atoms with Crippen molar-refractivity contribution in [3.05, 3.63) is 108 Å². The number of benzene rings is 2. The van der Waals surface area contributed by atoms with Crippen molar-refractivity contribution in [1.82, 2.24) is 4.98 Å². The highest BCUT2D eigenvalue weighted by Gasteiger charge is 2.54. The van der Waals surface area contributed by atoms with Crippen molar-refractivity contribution in [3.8, 4) is 11.3 Å². The first-order valence-electron chi connectivity index (χ1n) is 11.0. The molecular formula is C28H26N2O2. The van der Waals surface area contributed by atoms with Gasteiger partial charge < -0.3 is 5.11 Å². The normalized spacial score (nSPS) is 20.6. The van der Waals surface area contributed by atoms with Gasteiger partial charge in [0, 0.05) is 23.6 Å². The van der Waals surface area contributed by atoms with E-state index in [-0.39, 0.29) is 11.9 Å². The monoisotopic (exact) mass is 422 g/mol. The van der Waals surface area contributed by atoms with Gasteiger partial charge in [0.05, 0.1) is 11.6 Å². The van der Waals surface area contributed by atoms with Crippen LogP contribution in [0.1, 0.15) is 36.5 Å². The summed E-state index contributed by atoms with van der Waals surface area (Å²) in [7, 11) is 0. The summed E-state index contributed by atoms with van der Waals surface area (Å²) in [4.78, 5) is 20.6. The van der Waals surface area contributed by atoms with E-state index < -0.39 is 11.5 Å². The van der Waals surface area contributed by atoms with E-state index in [9.17, 15) is 9.90 Å². The number of hydrogen-bond acceptors (Lipinski definition) is 3. The summed E-state index contributed by atoms with van der Waals surface area (Å²) >= 11 is 0. The van der Waals surface area contributed by atoms with Crippen molar-refractivity contribution in [1.29, 1.82) is 0 Å². The van der Waals surface area contributed by atoms with Crippen LogP contribution in [0.2, 0.25) is 0 Å². The van der Waals surface area contributed by atoms with Gasteiger partial charge >= 0.3 is 0 Å². The van der Waals surface area contributed by atoms with Gasteiger partial charge in [-0.1, -0.05) is 84.9 Å². The molecule has 0 spiro atoms. The highest BCUT2D eigenvalue weighted by atomic mass is 16.3. The highest BCUT2D eigenvalue weighted by Crippen LogP contribution is 2.53. The van der Waals surface area contributed by atoms with E-state index >= 15 is 0 Å². The van der Waals surface area contributed by atoms with Crippen LogP contribution < -0.4 is 4.90 Å². The lowest BCUT2D eigenvalue weighted by Crippen LogP contribution is -2.53. The Kier molecular flexibility index (Phi) is 5.03. The van der Waals surface area contributed by atoms with Crippen LogP contribution in [0.5, 0.6) is 0 Å². The molecule has 5 rings (SSSR count). The Morgan fingerprint density at radius 1 is 0.906 bits per heavy atom. The maximum Gasteiger partial charge on any atom is 0.239 e. The van der Waals surface area contributed by atoms with Gasteiger partial charge in [0.25, 0.3) is 0 Å². The molecule has 160 valence electrons. The van der Waals surface area contributed by atoms with Crippen molar-refractivity contribution in [2.45, 2.75) is 37.8 Å². The fraction of sp³-hybridized carbons (Fsp3) is 0.214. The van der Waals surface area contributed by atoms with E-state index in [0.29, 0.717) is 12.2 Å². The summed E-state index contributed by atoms with van der Waals surface area (Å²) < 4.78 is 0. The summed E-state index contributed by atoms with van der Waals surface area (Å²) in [5, 5.41) is 12.5. The van der Waals surface area contributed by atoms with Gasteiger partial charge in [0.15, 0.2) is 0 Å². The second-order valence-electron chi connectivity index (χ2n) is 8.75. The number of fused-ring (bicyclic) bond motifs is 3. The van der Waals surface area contributed by atoms with E-state index in [1.807, 2.05) is 105 Å². The minimum absolute atomic E-state index is 0.0909. The Morgan fingerprint density at radius 2 is 1.50 bits per heavy atom. The molecule has 2 unspecified atom stereocenters. The number of carbonyl (C=O) groups is 1. The Balaban J connectivity index is 1.83. The summed E-state index contributed by atoms with van der Waals surface area (Å²) in [6.07, 6.45) is 0.317. The van der Waals surface area contributed by atoms with Crippen molar-refractivity contribution in [2.24, 2.45) is 0 Å². The van der Waals surface area contributed by atoms with Gasteiger partial charge in [-0.15, -0.1) is 0 Å². The average Bonchev–Trinajstić information content (AvgIpc) is 2.98. The largest absolute Gasteiger partial charge is 0.383 e. The zero-order chi connectivity index (χ0) is 22.3. The van der Waals surface area contributed by atoms with E-state index in [1.54, 1.807) is 4.90 Å². The van der Waals surface area contributed by atoms with Crippen LogP contribution in [-0.2, 0) is 16.8 Å². The Hall–Kier alpha value is -3.50. The fourth-order valence-electron chi connectivity index (χ4n) is 4.99. The van der Waals surface area contributed by atoms with Gasteiger partial charge in [-0.3, -0.25) is 9.69 Å². The van der Waals surface area contributed by atoms with Crippen LogP contribution in [0.3, 0.4) is 0 Å². The van der Waals surface area contributed by atoms with Gasteiger partial charge in [-0.25, -0.2) is 4.98 Å². The first-order chi connectivity index (χ1) is 15.5. The molecule has 4 nitrogen and oxygen atoms in total. The molecule has 2 aromatic rings. The lowest BCUT2D eigenvalue weighted by Gasteiger charge is -2.45. The third kappa shape index (κ3) is 3.19. The fourth-order valence-corrected chi connectivity index (χ4v) is 4.99. The van der Waals surface area contributed by atoms with Crippen LogP contribution in [0.15, 0.2) is 91.0 Å². The predicted octanol–water partition coefficient (Wildman–Crippen LogP) is 5.16. The third-order valence-corrected chi connectivity index (χ3v) is 6.32. The number of hydrogen-bond donors (Lipinski definition) is 1. The number of nitrogens with zero attached hydrogens (tertiary/aromatic N) is 2. The SMILES string of the molecule is CC(C)N1C(=O)C(c2ccccc2)C(O)(Cc2ccccc2)c2c3cccccc-3nc21. The van der Waals surface area contributed by atoms with E-state index in [2.05, 4.69) is 0 Å². The molecule has 0 saturated carbocycles. The summed E-state index contributed by atoms with van der Waals surface area (Å²) in [6.45, 7) is 3.98. The molecule has 0 saturated heterocycles. The van der Waals surface area contributed by atoms with E-state index in [0.717, 1.165) is 27.9 Å². The van der Waals surface area contributed by atoms with Crippen molar-refractivity contribution in [2.75, 3.05) is 4.90 Å². The van der Waals surface area contributed by atoms with Crippen molar-refractivity contribution in [3.63, 3.8) is 0 Å². The average molecular weight is 423 g/mol. The van der Waals surface area contributed by atoms with Crippen molar-refractivity contribution >= 4 is 11.7 Å². The molecule has 3 aliphatic rings. The second kappa shape index (κ2) is 7.88. The minimum Gasteiger partial charge on any atom is -0.383 e. The number of amides is 1. The van der Waals surface area contributed by atoms with E-state index in [1.165, 1.54) is 0 Å². The molecule has 4 heteroatoms.